The molecule has 4 fully saturated rings. The third-order valence-corrected chi connectivity index (χ3v) is 8.99. The van der Waals surface area contributed by atoms with Gasteiger partial charge in [-0.3, -0.25) is 9.80 Å². The number of rotatable bonds is 7. The summed E-state index contributed by atoms with van der Waals surface area (Å²) >= 11 is 0. The average molecular weight is 471 g/mol. The van der Waals surface area contributed by atoms with E-state index >= 15 is 0 Å². The molecule has 1 aromatic heterocycles. The van der Waals surface area contributed by atoms with Crippen LogP contribution in [-0.2, 0) is 10.0 Å². The smallest absolute Gasteiger partial charge is 0.240 e. The number of nitrogens with zero attached hydrogens (tertiary/aromatic N) is 5. The number of sulfonamides is 1. The zero-order valence-corrected chi connectivity index (χ0v) is 20.1. The van der Waals surface area contributed by atoms with Gasteiger partial charge in [0.25, 0.3) is 0 Å². The Morgan fingerprint density at radius 3 is 2.42 bits per heavy atom. The zero-order chi connectivity index (χ0) is 22.8. The topological polar surface area (TPSA) is 81.7 Å². The summed E-state index contributed by atoms with van der Waals surface area (Å²) in [6, 6.07) is 9.21. The molecule has 0 saturated carbocycles. The van der Waals surface area contributed by atoms with Gasteiger partial charge >= 0.3 is 0 Å². The van der Waals surface area contributed by atoms with Crippen molar-refractivity contribution in [3.63, 3.8) is 0 Å². The molecular formula is C24H34N6O2S. The van der Waals surface area contributed by atoms with Gasteiger partial charge in [-0.1, -0.05) is 17.7 Å². The summed E-state index contributed by atoms with van der Waals surface area (Å²) in [7, 11) is -3.46. The van der Waals surface area contributed by atoms with Crippen LogP contribution < -0.4 is 9.62 Å². The van der Waals surface area contributed by atoms with Gasteiger partial charge in [-0.25, -0.2) is 23.1 Å². The van der Waals surface area contributed by atoms with E-state index in [2.05, 4.69) is 29.4 Å². The van der Waals surface area contributed by atoms with E-state index < -0.39 is 10.0 Å². The van der Waals surface area contributed by atoms with Crippen molar-refractivity contribution in [3.05, 3.63) is 48.3 Å². The van der Waals surface area contributed by atoms with Crippen molar-refractivity contribution < 1.29 is 8.42 Å². The Hall–Kier alpha value is -2.07. The normalized spacial score (nSPS) is 28.2. The fourth-order valence-corrected chi connectivity index (χ4v) is 6.66. The van der Waals surface area contributed by atoms with Crippen molar-refractivity contribution in [3.8, 4) is 0 Å². The molecule has 0 amide bonds. The highest BCUT2D eigenvalue weighted by Crippen LogP contribution is 2.36. The molecule has 0 radical (unpaired) electrons. The summed E-state index contributed by atoms with van der Waals surface area (Å²) in [5.41, 5.74) is 1.06. The Balaban J connectivity index is 1.11. The van der Waals surface area contributed by atoms with Crippen LogP contribution in [0.1, 0.15) is 18.4 Å². The predicted molar refractivity (Wildman–Crippen MR) is 129 cm³/mol. The van der Waals surface area contributed by atoms with Gasteiger partial charge in [0.05, 0.1) is 4.90 Å². The van der Waals surface area contributed by atoms with Gasteiger partial charge in [-0.15, -0.1) is 0 Å². The number of hydrogen-bond acceptors (Lipinski definition) is 7. The highest BCUT2D eigenvalue weighted by molar-refractivity contribution is 7.89. The van der Waals surface area contributed by atoms with Gasteiger partial charge in [-0.05, 0) is 56.3 Å². The van der Waals surface area contributed by atoms with Gasteiger partial charge in [0.1, 0.15) is 0 Å². The quantitative estimate of drug-likeness (QED) is 0.658. The Labute approximate surface area is 197 Å². The maximum absolute atomic E-state index is 12.7. The van der Waals surface area contributed by atoms with E-state index in [4.69, 9.17) is 0 Å². The van der Waals surface area contributed by atoms with Gasteiger partial charge in [-0.2, -0.15) is 0 Å². The minimum absolute atomic E-state index is 0.298. The first kappa shape index (κ1) is 22.7. The second kappa shape index (κ2) is 9.66. The zero-order valence-electron chi connectivity index (χ0n) is 19.3. The van der Waals surface area contributed by atoms with E-state index in [1.54, 1.807) is 24.5 Å². The number of anilines is 1. The maximum Gasteiger partial charge on any atom is 0.240 e. The number of nitrogens with one attached hydrogen (secondary N) is 1. The molecule has 4 aliphatic heterocycles. The van der Waals surface area contributed by atoms with Crippen molar-refractivity contribution in [2.75, 3.05) is 57.3 Å². The lowest BCUT2D eigenvalue weighted by Crippen LogP contribution is -2.59. The van der Waals surface area contributed by atoms with E-state index in [0.717, 1.165) is 63.7 Å². The molecule has 9 heteroatoms. The van der Waals surface area contributed by atoms with Crippen LogP contribution in [0, 0.1) is 18.8 Å². The lowest BCUT2D eigenvalue weighted by molar-refractivity contribution is -0.0108. The molecule has 1 unspecified atom stereocenters. The minimum atomic E-state index is -3.46. The van der Waals surface area contributed by atoms with Crippen molar-refractivity contribution in [1.29, 1.82) is 0 Å². The van der Waals surface area contributed by atoms with E-state index in [-0.39, 0.29) is 0 Å². The summed E-state index contributed by atoms with van der Waals surface area (Å²) in [4.78, 5) is 16.5. The maximum atomic E-state index is 12.7. The van der Waals surface area contributed by atoms with E-state index in [1.807, 2.05) is 25.1 Å². The Bertz CT molecular complexity index is 1020. The predicted octanol–water partition coefficient (Wildman–Crippen LogP) is 1.60. The first-order valence-electron chi connectivity index (χ1n) is 12.0. The number of piperazine rings is 1. The van der Waals surface area contributed by atoms with Crippen LogP contribution in [0.3, 0.4) is 0 Å². The van der Waals surface area contributed by atoms with Crippen molar-refractivity contribution in [2.24, 2.45) is 11.8 Å². The fourth-order valence-electron chi connectivity index (χ4n) is 5.59. The van der Waals surface area contributed by atoms with Crippen molar-refractivity contribution >= 4 is 16.0 Å². The third-order valence-electron chi connectivity index (χ3n) is 7.55. The Morgan fingerprint density at radius 2 is 1.76 bits per heavy atom. The Kier molecular flexibility index (Phi) is 6.65. The Morgan fingerprint density at radius 1 is 1.03 bits per heavy atom. The van der Waals surface area contributed by atoms with Crippen LogP contribution in [0.2, 0.25) is 0 Å². The van der Waals surface area contributed by atoms with Crippen LogP contribution in [0.15, 0.2) is 47.6 Å². The molecule has 4 aliphatic rings. The third kappa shape index (κ3) is 5.21. The molecule has 6 rings (SSSR count). The molecule has 1 aromatic carbocycles. The molecule has 178 valence electrons. The molecule has 2 bridgehead atoms. The SMILES string of the molecule is Cc1ccc(S(=O)(=O)NC[C@@H]2C[C@H]3CCN2C[C@@H]3CN2CCN(c3ncccn3)CC2)cc1. The highest BCUT2D eigenvalue weighted by atomic mass is 32.2. The van der Waals surface area contributed by atoms with Gasteiger partial charge in [0.2, 0.25) is 16.0 Å². The molecule has 0 spiro atoms. The first-order chi connectivity index (χ1) is 16.0. The summed E-state index contributed by atoms with van der Waals surface area (Å²) in [5, 5.41) is 0. The minimum Gasteiger partial charge on any atom is -0.338 e. The van der Waals surface area contributed by atoms with Crippen LogP contribution in [0.4, 0.5) is 5.95 Å². The molecule has 2 aromatic rings. The van der Waals surface area contributed by atoms with Gasteiger partial charge in [0.15, 0.2) is 0 Å². The lowest BCUT2D eigenvalue weighted by Gasteiger charge is -2.51. The standard InChI is InChI=1S/C24H34N6O2S/c1-19-3-5-23(6-4-19)33(31,32)27-16-22-15-20-7-10-30(22)18-21(20)17-28-11-13-29(14-12-28)24-25-8-2-9-26-24/h2-6,8-9,20-22,27H,7,10-18H2,1H3/t20-,21+,22+/m1/s1. The fraction of sp³-hybridized carbons (Fsp3) is 0.583. The largest absolute Gasteiger partial charge is 0.338 e. The second-order valence-electron chi connectivity index (χ2n) is 9.69. The molecule has 8 nitrogen and oxygen atoms in total. The van der Waals surface area contributed by atoms with E-state index in [0.29, 0.717) is 29.3 Å². The molecule has 5 heterocycles. The first-order valence-corrected chi connectivity index (χ1v) is 13.5. The van der Waals surface area contributed by atoms with Crippen LogP contribution >= 0.6 is 0 Å². The molecular weight excluding hydrogens is 436 g/mol. The van der Waals surface area contributed by atoms with Gasteiger partial charge in [0, 0.05) is 64.2 Å². The monoisotopic (exact) mass is 470 g/mol. The van der Waals surface area contributed by atoms with Crippen molar-refractivity contribution in [1.82, 2.24) is 24.5 Å². The second-order valence-corrected chi connectivity index (χ2v) is 11.5. The number of piperidine rings is 3. The number of benzene rings is 1. The number of aryl methyl sites for hydroxylation is 1. The number of aromatic nitrogens is 2. The van der Waals surface area contributed by atoms with Crippen LogP contribution in [0.25, 0.3) is 0 Å². The number of hydrogen-bond donors (Lipinski definition) is 1. The van der Waals surface area contributed by atoms with E-state index in [9.17, 15) is 8.42 Å². The van der Waals surface area contributed by atoms with E-state index in [1.165, 1.54) is 6.42 Å². The van der Waals surface area contributed by atoms with Crippen molar-refractivity contribution in [2.45, 2.75) is 30.7 Å². The lowest BCUT2D eigenvalue weighted by atomic mass is 9.75. The summed E-state index contributed by atoms with van der Waals surface area (Å²) < 4.78 is 28.3. The van der Waals surface area contributed by atoms with Gasteiger partial charge < -0.3 is 4.90 Å². The highest BCUT2D eigenvalue weighted by Gasteiger charge is 2.41. The molecule has 0 aliphatic carbocycles. The molecule has 1 N–H and O–H groups in total. The summed E-state index contributed by atoms with van der Waals surface area (Å²) in [6.07, 6.45) is 5.92. The number of fused-ring (bicyclic) bond motifs is 3. The average Bonchev–Trinajstić information content (AvgIpc) is 2.85. The molecule has 4 saturated heterocycles. The van der Waals surface area contributed by atoms with Crippen LogP contribution in [0.5, 0.6) is 0 Å². The summed E-state index contributed by atoms with van der Waals surface area (Å²) in [5.74, 6) is 2.18. The van der Waals surface area contributed by atoms with Crippen LogP contribution in [-0.4, -0.2) is 86.6 Å². The molecule has 4 atom stereocenters. The molecule has 33 heavy (non-hydrogen) atoms. The summed E-state index contributed by atoms with van der Waals surface area (Å²) in [6.45, 7) is 9.76.